The minimum absolute atomic E-state index is 0.0277. The fourth-order valence-electron chi connectivity index (χ4n) is 2.16. The third kappa shape index (κ3) is 3.15. The van der Waals surface area contributed by atoms with E-state index >= 15 is 0 Å². The van der Waals surface area contributed by atoms with Gasteiger partial charge in [0, 0.05) is 13.2 Å². The molecule has 3 aromatic rings. The van der Waals surface area contributed by atoms with Gasteiger partial charge in [0.25, 0.3) is 5.91 Å². The Labute approximate surface area is 144 Å². The molecular formula is C15H10ClF2N3O2S. The number of pyridine rings is 1. The average molecular weight is 370 g/mol. The van der Waals surface area contributed by atoms with Crippen LogP contribution in [0.3, 0.4) is 0 Å². The minimum atomic E-state index is -2.97. The highest BCUT2D eigenvalue weighted by molar-refractivity contribution is 7.13. The van der Waals surface area contributed by atoms with Gasteiger partial charge >= 0.3 is 6.61 Å². The predicted octanol–water partition coefficient (Wildman–Crippen LogP) is 4.22. The zero-order valence-corrected chi connectivity index (χ0v) is 13.8. The molecule has 0 saturated carbocycles. The number of anilines is 1. The van der Waals surface area contributed by atoms with Crippen LogP contribution in [0.1, 0.15) is 10.4 Å². The Morgan fingerprint density at radius 1 is 1.33 bits per heavy atom. The normalized spacial score (nSPS) is 11.0. The van der Waals surface area contributed by atoms with Crippen LogP contribution in [-0.2, 0) is 0 Å². The number of amides is 1. The van der Waals surface area contributed by atoms with Crippen molar-refractivity contribution in [1.82, 2.24) is 9.36 Å². The Kier molecular flexibility index (Phi) is 4.59. The lowest BCUT2D eigenvalue weighted by Gasteiger charge is -2.16. The van der Waals surface area contributed by atoms with Gasteiger partial charge in [0.05, 0.1) is 15.6 Å². The van der Waals surface area contributed by atoms with Crippen LogP contribution >= 0.6 is 23.1 Å². The third-order valence-corrected chi connectivity index (χ3v) is 4.28. The number of nitrogens with zero attached hydrogens (tertiary/aromatic N) is 3. The van der Waals surface area contributed by atoms with Crippen molar-refractivity contribution in [2.24, 2.45) is 0 Å². The fourth-order valence-corrected chi connectivity index (χ4v) is 3.09. The van der Waals surface area contributed by atoms with Gasteiger partial charge in [-0.3, -0.25) is 9.69 Å². The van der Waals surface area contributed by atoms with E-state index in [1.807, 2.05) is 0 Å². The Bertz CT molecular complexity index is 886. The molecule has 0 radical (unpaired) electrons. The lowest BCUT2D eigenvalue weighted by atomic mass is 10.2. The van der Waals surface area contributed by atoms with Crippen molar-refractivity contribution in [2.45, 2.75) is 6.61 Å². The van der Waals surface area contributed by atoms with Gasteiger partial charge in [-0.25, -0.2) is 4.98 Å². The van der Waals surface area contributed by atoms with Crippen molar-refractivity contribution in [1.29, 1.82) is 0 Å². The van der Waals surface area contributed by atoms with Gasteiger partial charge in [-0.1, -0.05) is 17.7 Å². The van der Waals surface area contributed by atoms with E-state index < -0.39 is 12.5 Å². The molecule has 0 atom stereocenters. The van der Waals surface area contributed by atoms with Gasteiger partial charge in [0.15, 0.2) is 5.82 Å². The standard InChI is InChI=1S/C15H10ClF2N3O2S/c1-21(14(22)8-5-6-11(16)19-7-8)13-12-9(23-15(17)18)3-2-4-10(12)24-20-13/h2-7,15H,1H3. The summed E-state index contributed by atoms with van der Waals surface area (Å²) in [6, 6.07) is 7.74. The Balaban J connectivity index is 2.02. The predicted molar refractivity (Wildman–Crippen MR) is 88.2 cm³/mol. The van der Waals surface area contributed by atoms with Gasteiger partial charge in [-0.15, -0.1) is 0 Å². The summed E-state index contributed by atoms with van der Waals surface area (Å²) in [6.45, 7) is -2.97. The van der Waals surface area contributed by atoms with E-state index in [-0.39, 0.29) is 16.7 Å². The molecule has 0 aliphatic carbocycles. The second-order valence-corrected chi connectivity index (χ2v) is 5.94. The van der Waals surface area contributed by atoms with Crippen LogP contribution in [0.15, 0.2) is 36.5 Å². The summed E-state index contributed by atoms with van der Waals surface area (Å²) in [6.07, 6.45) is 1.34. The molecule has 3 rings (SSSR count). The monoisotopic (exact) mass is 369 g/mol. The first kappa shape index (κ1) is 16.5. The molecular weight excluding hydrogens is 360 g/mol. The van der Waals surface area contributed by atoms with Crippen LogP contribution in [0.4, 0.5) is 14.6 Å². The number of hydrogen-bond acceptors (Lipinski definition) is 5. The summed E-state index contributed by atoms with van der Waals surface area (Å²) >= 11 is 6.80. The lowest BCUT2D eigenvalue weighted by molar-refractivity contribution is -0.0487. The second-order valence-electron chi connectivity index (χ2n) is 4.75. The highest BCUT2D eigenvalue weighted by atomic mass is 35.5. The summed E-state index contributed by atoms with van der Waals surface area (Å²) in [5.41, 5.74) is 0.301. The van der Waals surface area contributed by atoms with Crippen LogP contribution in [0.2, 0.25) is 5.15 Å². The lowest BCUT2D eigenvalue weighted by Crippen LogP contribution is -2.26. The number of alkyl halides is 2. The molecule has 24 heavy (non-hydrogen) atoms. The maximum atomic E-state index is 12.6. The smallest absolute Gasteiger partial charge is 0.387 e. The van der Waals surface area contributed by atoms with Crippen LogP contribution in [0.25, 0.3) is 10.1 Å². The zero-order valence-electron chi connectivity index (χ0n) is 12.2. The van der Waals surface area contributed by atoms with E-state index in [1.165, 1.54) is 36.3 Å². The van der Waals surface area contributed by atoms with Crippen LogP contribution in [0, 0.1) is 0 Å². The van der Waals surface area contributed by atoms with Crippen LogP contribution < -0.4 is 9.64 Å². The molecule has 0 saturated heterocycles. The Morgan fingerprint density at radius 3 is 2.79 bits per heavy atom. The second kappa shape index (κ2) is 6.66. The molecule has 9 heteroatoms. The molecule has 0 bridgehead atoms. The van der Waals surface area contributed by atoms with E-state index in [1.54, 1.807) is 12.1 Å². The first-order valence-corrected chi connectivity index (χ1v) is 7.85. The number of benzene rings is 1. The maximum absolute atomic E-state index is 12.6. The van der Waals surface area contributed by atoms with E-state index in [0.29, 0.717) is 15.6 Å². The summed E-state index contributed by atoms with van der Waals surface area (Å²) in [4.78, 5) is 17.7. The highest BCUT2D eigenvalue weighted by Gasteiger charge is 2.22. The van der Waals surface area contributed by atoms with Crippen molar-refractivity contribution in [3.05, 3.63) is 47.2 Å². The number of carbonyl (C=O) groups is 1. The molecule has 0 N–H and O–H groups in total. The molecule has 0 fully saturated rings. The van der Waals surface area contributed by atoms with Crippen molar-refractivity contribution in [2.75, 3.05) is 11.9 Å². The van der Waals surface area contributed by atoms with Crippen molar-refractivity contribution < 1.29 is 18.3 Å². The molecule has 5 nitrogen and oxygen atoms in total. The topological polar surface area (TPSA) is 55.3 Å². The third-order valence-electron chi connectivity index (χ3n) is 3.25. The molecule has 1 aromatic carbocycles. The van der Waals surface area contributed by atoms with Crippen molar-refractivity contribution in [3.8, 4) is 5.75 Å². The van der Waals surface area contributed by atoms with E-state index in [2.05, 4.69) is 14.1 Å². The van der Waals surface area contributed by atoms with E-state index in [4.69, 9.17) is 11.6 Å². The quantitative estimate of drug-likeness (QED) is 0.646. The number of ether oxygens (including phenoxy) is 1. The SMILES string of the molecule is CN(C(=O)c1ccc(Cl)nc1)c1nsc2cccc(OC(F)F)c12. The van der Waals surface area contributed by atoms with Gasteiger partial charge in [0.1, 0.15) is 10.9 Å². The van der Waals surface area contributed by atoms with Gasteiger partial charge in [-0.05, 0) is 35.8 Å². The summed E-state index contributed by atoms with van der Waals surface area (Å²) in [5.74, 6) is -0.176. The van der Waals surface area contributed by atoms with Crippen LogP contribution in [0.5, 0.6) is 5.75 Å². The summed E-state index contributed by atoms with van der Waals surface area (Å²) < 4.78 is 34.6. The van der Waals surface area contributed by atoms with Gasteiger partial charge < -0.3 is 4.74 Å². The van der Waals surface area contributed by atoms with Crippen molar-refractivity contribution >= 4 is 44.9 Å². The molecule has 1 amide bonds. The molecule has 124 valence electrons. The zero-order chi connectivity index (χ0) is 17.3. The maximum Gasteiger partial charge on any atom is 0.387 e. The minimum Gasteiger partial charge on any atom is -0.434 e. The van der Waals surface area contributed by atoms with Crippen molar-refractivity contribution in [3.63, 3.8) is 0 Å². The summed E-state index contributed by atoms with van der Waals surface area (Å²) in [5, 5.41) is 0.626. The summed E-state index contributed by atoms with van der Waals surface area (Å²) in [7, 11) is 1.50. The molecule has 2 aromatic heterocycles. The molecule has 0 spiro atoms. The Hall–Kier alpha value is -2.32. The first-order valence-electron chi connectivity index (χ1n) is 6.70. The fraction of sp³-hybridized carbons (Fsp3) is 0.133. The van der Waals surface area contributed by atoms with E-state index in [0.717, 1.165) is 11.5 Å². The molecule has 0 aliphatic heterocycles. The number of rotatable bonds is 4. The Morgan fingerprint density at radius 2 is 2.12 bits per heavy atom. The molecule has 2 heterocycles. The number of aromatic nitrogens is 2. The average Bonchev–Trinajstić information content (AvgIpc) is 2.99. The number of fused-ring (bicyclic) bond motifs is 1. The largest absolute Gasteiger partial charge is 0.434 e. The molecule has 0 unspecified atom stereocenters. The van der Waals surface area contributed by atoms with Crippen LogP contribution in [-0.4, -0.2) is 28.9 Å². The number of halogens is 3. The van der Waals surface area contributed by atoms with Gasteiger partial charge in [-0.2, -0.15) is 13.2 Å². The number of carbonyl (C=O) groups excluding carboxylic acids is 1. The molecule has 0 aliphatic rings. The highest BCUT2D eigenvalue weighted by Crippen LogP contribution is 2.37. The first-order chi connectivity index (χ1) is 11.5. The van der Waals surface area contributed by atoms with Gasteiger partial charge in [0.2, 0.25) is 0 Å². The van der Waals surface area contributed by atoms with E-state index in [9.17, 15) is 13.6 Å². The number of hydrogen-bond donors (Lipinski definition) is 0.